The van der Waals surface area contributed by atoms with Crippen LogP contribution in [0.25, 0.3) is 0 Å². The molecule has 0 radical (unpaired) electrons. The SMILES string of the molecule is CC(NC(=O)c1ccc(Cl)cc1)C(=O)N1CCCC(N)C1.Cl. The molecule has 0 spiro atoms. The van der Waals surface area contributed by atoms with Crippen LogP contribution < -0.4 is 11.1 Å². The molecular weight excluding hydrogens is 325 g/mol. The van der Waals surface area contributed by atoms with Gasteiger partial charge in [-0.15, -0.1) is 12.4 Å². The molecule has 1 aromatic rings. The quantitative estimate of drug-likeness (QED) is 0.877. The number of piperidine rings is 1. The number of rotatable bonds is 3. The highest BCUT2D eigenvalue weighted by atomic mass is 35.5. The lowest BCUT2D eigenvalue weighted by Crippen LogP contribution is -2.52. The standard InChI is InChI=1S/C15H20ClN3O2.ClH/c1-10(15(21)19-8-2-3-13(17)9-19)18-14(20)11-4-6-12(16)7-5-11;/h4-7,10,13H,2-3,8-9,17H2,1H3,(H,18,20);1H. The number of nitrogens with zero attached hydrogens (tertiary/aromatic N) is 1. The van der Waals surface area contributed by atoms with E-state index in [-0.39, 0.29) is 30.3 Å². The first-order valence-corrected chi connectivity index (χ1v) is 7.46. The number of nitrogens with two attached hydrogens (primary N) is 1. The summed E-state index contributed by atoms with van der Waals surface area (Å²) < 4.78 is 0. The van der Waals surface area contributed by atoms with E-state index in [1.807, 2.05) is 0 Å². The Bertz CT molecular complexity index is 522. The maximum absolute atomic E-state index is 12.3. The molecule has 3 N–H and O–H groups in total. The lowest BCUT2D eigenvalue weighted by Gasteiger charge is -2.32. The molecule has 2 unspecified atom stereocenters. The molecule has 0 saturated carbocycles. The number of benzene rings is 1. The maximum Gasteiger partial charge on any atom is 0.251 e. The van der Waals surface area contributed by atoms with Gasteiger partial charge >= 0.3 is 0 Å². The highest BCUT2D eigenvalue weighted by molar-refractivity contribution is 6.30. The minimum Gasteiger partial charge on any atom is -0.341 e. The molecule has 0 aliphatic carbocycles. The average Bonchev–Trinajstić information content (AvgIpc) is 2.47. The second-order valence-corrected chi connectivity index (χ2v) is 5.83. The Morgan fingerprint density at radius 2 is 2.00 bits per heavy atom. The molecule has 0 bridgehead atoms. The Morgan fingerprint density at radius 3 is 2.59 bits per heavy atom. The average molecular weight is 346 g/mol. The van der Waals surface area contributed by atoms with Crippen LogP contribution in [0.2, 0.25) is 5.02 Å². The topological polar surface area (TPSA) is 75.4 Å². The number of hydrogen-bond donors (Lipinski definition) is 2. The summed E-state index contributed by atoms with van der Waals surface area (Å²) in [4.78, 5) is 26.1. The molecule has 1 fully saturated rings. The predicted octanol–water partition coefficient (Wildman–Crippen LogP) is 1.83. The van der Waals surface area contributed by atoms with E-state index in [9.17, 15) is 9.59 Å². The minimum absolute atomic E-state index is 0. The molecule has 5 nitrogen and oxygen atoms in total. The van der Waals surface area contributed by atoms with Gasteiger partial charge in [0.15, 0.2) is 0 Å². The Hall–Kier alpha value is -1.30. The van der Waals surface area contributed by atoms with E-state index in [1.54, 1.807) is 36.1 Å². The summed E-state index contributed by atoms with van der Waals surface area (Å²) in [5, 5.41) is 3.28. The van der Waals surface area contributed by atoms with Crippen molar-refractivity contribution in [3.05, 3.63) is 34.9 Å². The third kappa shape index (κ3) is 4.87. The summed E-state index contributed by atoms with van der Waals surface area (Å²) in [6.45, 7) is 2.95. The van der Waals surface area contributed by atoms with Gasteiger partial charge in [0.2, 0.25) is 5.91 Å². The molecule has 0 aromatic heterocycles. The molecule has 22 heavy (non-hydrogen) atoms. The molecule has 1 heterocycles. The fourth-order valence-corrected chi connectivity index (χ4v) is 2.55. The molecule has 1 aliphatic heterocycles. The normalized spacial score (nSPS) is 19.0. The van der Waals surface area contributed by atoms with Crippen molar-refractivity contribution in [3.63, 3.8) is 0 Å². The van der Waals surface area contributed by atoms with E-state index < -0.39 is 6.04 Å². The molecule has 2 amide bonds. The molecule has 2 atom stereocenters. The van der Waals surface area contributed by atoms with Crippen molar-refractivity contribution >= 4 is 35.8 Å². The van der Waals surface area contributed by atoms with E-state index in [2.05, 4.69) is 5.32 Å². The number of hydrogen-bond acceptors (Lipinski definition) is 3. The van der Waals surface area contributed by atoms with E-state index in [1.165, 1.54) is 0 Å². The van der Waals surface area contributed by atoms with Gasteiger partial charge in [-0.1, -0.05) is 11.6 Å². The van der Waals surface area contributed by atoms with Crippen LogP contribution >= 0.6 is 24.0 Å². The van der Waals surface area contributed by atoms with Crippen LogP contribution in [-0.4, -0.2) is 41.9 Å². The summed E-state index contributed by atoms with van der Waals surface area (Å²) in [6.07, 6.45) is 1.85. The van der Waals surface area contributed by atoms with Gasteiger partial charge in [-0.05, 0) is 44.0 Å². The van der Waals surface area contributed by atoms with Gasteiger partial charge in [-0.25, -0.2) is 0 Å². The number of likely N-dealkylation sites (tertiary alicyclic amines) is 1. The van der Waals surface area contributed by atoms with Gasteiger partial charge in [0, 0.05) is 29.7 Å². The van der Waals surface area contributed by atoms with Crippen LogP contribution in [0.1, 0.15) is 30.1 Å². The smallest absolute Gasteiger partial charge is 0.251 e. The van der Waals surface area contributed by atoms with Gasteiger partial charge in [-0.3, -0.25) is 9.59 Å². The van der Waals surface area contributed by atoms with Crippen LogP contribution in [0.3, 0.4) is 0 Å². The van der Waals surface area contributed by atoms with Gasteiger partial charge < -0.3 is 16.0 Å². The summed E-state index contributed by atoms with van der Waals surface area (Å²) in [6, 6.07) is 6.01. The number of halogens is 2. The first-order chi connectivity index (χ1) is 9.97. The van der Waals surface area contributed by atoms with Crippen molar-refractivity contribution in [2.24, 2.45) is 5.73 Å². The van der Waals surface area contributed by atoms with Crippen LogP contribution in [-0.2, 0) is 4.79 Å². The molecule has 2 rings (SSSR count). The monoisotopic (exact) mass is 345 g/mol. The molecule has 122 valence electrons. The second-order valence-electron chi connectivity index (χ2n) is 5.39. The number of carbonyl (C=O) groups is 2. The van der Waals surface area contributed by atoms with Crippen molar-refractivity contribution < 1.29 is 9.59 Å². The third-order valence-electron chi connectivity index (χ3n) is 3.59. The second kappa shape index (κ2) is 8.36. The molecule has 1 saturated heterocycles. The molecule has 1 aromatic carbocycles. The number of amides is 2. The maximum atomic E-state index is 12.3. The van der Waals surface area contributed by atoms with Gasteiger partial charge in [0.05, 0.1) is 0 Å². The summed E-state index contributed by atoms with van der Waals surface area (Å²) in [5.74, 6) is -0.374. The molecule has 1 aliphatic rings. The van der Waals surface area contributed by atoms with Crippen molar-refractivity contribution in [1.82, 2.24) is 10.2 Å². The molecular formula is C15H21Cl2N3O2. The number of nitrogens with one attached hydrogen (secondary N) is 1. The van der Waals surface area contributed by atoms with Crippen molar-refractivity contribution in [1.29, 1.82) is 0 Å². The van der Waals surface area contributed by atoms with Crippen molar-refractivity contribution in [3.8, 4) is 0 Å². The highest BCUT2D eigenvalue weighted by Gasteiger charge is 2.26. The fraction of sp³-hybridized carbons (Fsp3) is 0.467. The highest BCUT2D eigenvalue weighted by Crippen LogP contribution is 2.11. The zero-order valence-electron chi connectivity index (χ0n) is 12.4. The lowest BCUT2D eigenvalue weighted by molar-refractivity contribution is -0.134. The first-order valence-electron chi connectivity index (χ1n) is 7.08. The largest absolute Gasteiger partial charge is 0.341 e. The Morgan fingerprint density at radius 1 is 1.36 bits per heavy atom. The number of carbonyl (C=O) groups excluding carboxylic acids is 2. The van der Waals surface area contributed by atoms with E-state index >= 15 is 0 Å². The van der Waals surface area contributed by atoms with Crippen LogP contribution in [0.4, 0.5) is 0 Å². The van der Waals surface area contributed by atoms with Gasteiger partial charge in [0.25, 0.3) is 5.91 Å². The van der Waals surface area contributed by atoms with E-state index in [0.29, 0.717) is 23.7 Å². The van der Waals surface area contributed by atoms with Gasteiger partial charge in [0.1, 0.15) is 6.04 Å². The molecule has 7 heteroatoms. The summed E-state index contributed by atoms with van der Waals surface area (Å²) in [5.41, 5.74) is 6.36. The van der Waals surface area contributed by atoms with Crippen LogP contribution in [0.5, 0.6) is 0 Å². The first kappa shape index (κ1) is 18.7. The Balaban J connectivity index is 0.00000242. The van der Waals surface area contributed by atoms with E-state index in [4.69, 9.17) is 17.3 Å². The minimum atomic E-state index is -0.571. The van der Waals surface area contributed by atoms with Gasteiger partial charge in [-0.2, -0.15) is 0 Å². The van der Waals surface area contributed by atoms with E-state index in [0.717, 1.165) is 12.8 Å². The summed E-state index contributed by atoms with van der Waals surface area (Å²) >= 11 is 5.78. The fourth-order valence-electron chi connectivity index (χ4n) is 2.43. The zero-order valence-corrected chi connectivity index (χ0v) is 14.0. The Labute approximate surface area is 141 Å². The third-order valence-corrected chi connectivity index (χ3v) is 3.85. The predicted molar refractivity (Wildman–Crippen MR) is 89.4 cm³/mol. The van der Waals surface area contributed by atoms with Crippen LogP contribution in [0.15, 0.2) is 24.3 Å². The van der Waals surface area contributed by atoms with Crippen molar-refractivity contribution in [2.45, 2.75) is 31.8 Å². The zero-order chi connectivity index (χ0) is 15.4. The lowest BCUT2D eigenvalue weighted by atomic mass is 10.1. The van der Waals surface area contributed by atoms with Crippen LogP contribution in [0, 0.1) is 0 Å². The summed E-state index contributed by atoms with van der Waals surface area (Å²) in [7, 11) is 0. The Kier molecular flexibility index (Phi) is 7.13. The van der Waals surface area contributed by atoms with Crippen molar-refractivity contribution in [2.75, 3.05) is 13.1 Å².